The topological polar surface area (TPSA) is 199 Å². The molecule has 58 heavy (non-hydrogen) atoms. The van der Waals surface area contributed by atoms with Gasteiger partial charge in [-0.05, 0) is 102 Å². The van der Waals surface area contributed by atoms with Crippen LogP contribution in [0.4, 0.5) is 4.79 Å². The van der Waals surface area contributed by atoms with Gasteiger partial charge in [0.2, 0.25) is 5.78 Å². The lowest BCUT2D eigenvalue weighted by atomic mass is 9.91. The summed E-state index contributed by atoms with van der Waals surface area (Å²) in [6.07, 6.45) is 2.12. The number of carbonyl (C=O) groups excluding carboxylic acids is 7. The molecule has 0 atom stereocenters. The van der Waals surface area contributed by atoms with Crippen LogP contribution in [0.3, 0.4) is 0 Å². The van der Waals surface area contributed by atoms with E-state index >= 15 is 0 Å². The quantitative estimate of drug-likeness (QED) is 0.0141. The molecule has 0 radical (unpaired) electrons. The van der Waals surface area contributed by atoms with Crippen LogP contribution in [0.25, 0.3) is 0 Å². The number of hydrogen-bond donors (Lipinski definition) is 1. The van der Waals surface area contributed by atoms with E-state index in [-0.39, 0.29) is 62.6 Å². The fourth-order valence-corrected chi connectivity index (χ4v) is 4.52. The summed E-state index contributed by atoms with van der Waals surface area (Å²) in [5.41, 5.74) is -0.678. The average Bonchev–Trinajstić information content (AvgIpc) is 3.22. The maximum atomic E-state index is 12.6. The fourth-order valence-electron chi connectivity index (χ4n) is 3.71. The molecule has 2 aromatic carbocycles. The van der Waals surface area contributed by atoms with Crippen LogP contribution in [0.2, 0.25) is 0 Å². The number of rotatable bonds is 22. The van der Waals surface area contributed by atoms with Crippen LogP contribution in [-0.2, 0) is 47.8 Å². The molecule has 0 saturated heterocycles. The van der Waals surface area contributed by atoms with Gasteiger partial charge in [0.25, 0.3) is 0 Å². The highest BCUT2D eigenvalue weighted by atomic mass is 32.2. The molecule has 0 aliphatic carbocycles. The number of ketones is 1. The molecule has 0 spiro atoms. The third kappa shape index (κ3) is 20.1. The zero-order valence-corrected chi connectivity index (χ0v) is 35.5. The van der Waals surface area contributed by atoms with Crippen molar-refractivity contribution in [1.82, 2.24) is 5.32 Å². The van der Waals surface area contributed by atoms with E-state index in [1.165, 1.54) is 18.7 Å². The summed E-state index contributed by atoms with van der Waals surface area (Å²) in [6.45, 7) is 18.1. The molecule has 1 amide bonds. The third-order valence-corrected chi connectivity index (χ3v) is 9.22. The Morgan fingerprint density at radius 3 is 1.83 bits per heavy atom. The number of esters is 4. The Balaban J connectivity index is 0.000000682. The molecule has 0 heterocycles. The molecule has 0 bridgehead atoms. The summed E-state index contributed by atoms with van der Waals surface area (Å²) in [6, 6.07) is 14.2. The number of hydrogen-bond acceptors (Lipinski definition) is 15. The molecule has 2 rings (SSSR count). The van der Waals surface area contributed by atoms with Gasteiger partial charge < -0.3 is 33.8 Å². The summed E-state index contributed by atoms with van der Waals surface area (Å²) < 4.78 is 24.8. The van der Waals surface area contributed by atoms with Crippen molar-refractivity contribution < 1.29 is 62.1 Å². The van der Waals surface area contributed by atoms with Gasteiger partial charge in [-0.25, -0.2) is 14.4 Å². The Morgan fingerprint density at radius 2 is 1.26 bits per heavy atom. The van der Waals surface area contributed by atoms with Gasteiger partial charge in [0.1, 0.15) is 31.3 Å². The molecule has 16 heteroatoms. The van der Waals surface area contributed by atoms with Crippen molar-refractivity contribution in [1.29, 1.82) is 0 Å². The molecule has 15 nitrogen and oxygen atoms in total. The van der Waals surface area contributed by atoms with E-state index in [1.54, 1.807) is 50.2 Å². The second-order valence-electron chi connectivity index (χ2n) is 13.7. The first-order valence-electron chi connectivity index (χ1n) is 18.8. The number of nitrogens with one attached hydrogen (secondary N) is 1. The smallest absolute Gasteiger partial charge is 0.407 e. The molecule has 0 aliphatic heterocycles. The molecule has 318 valence electrons. The average molecular weight is 829 g/mol. The van der Waals surface area contributed by atoms with Crippen molar-refractivity contribution in [3.63, 3.8) is 0 Å². The van der Waals surface area contributed by atoms with Crippen LogP contribution in [0, 0.1) is 10.8 Å². The Kier molecular flexibility index (Phi) is 23.0. The molecule has 0 aromatic heterocycles. The third-order valence-electron chi connectivity index (χ3n) is 8.20. The Hall–Kier alpha value is -5.51. The Labute approximate surface area is 344 Å². The SMILES string of the molecule is C=CC(=O)OCCNC(=O)OCCOC(=O)C(C)(C)CC.CCCOC(=O)CCC(=O)O/N=C(\C)C(=O)c1ccc(Sc2ccc(OC(=O)C(C)(C)CC)cc2)cc1. The van der Waals surface area contributed by atoms with E-state index in [1.807, 2.05) is 46.8 Å². The second kappa shape index (κ2) is 26.4. The van der Waals surface area contributed by atoms with Gasteiger partial charge in [0.05, 0.1) is 36.8 Å². The second-order valence-corrected chi connectivity index (χ2v) is 14.9. The van der Waals surface area contributed by atoms with Gasteiger partial charge in [0, 0.05) is 21.4 Å². The number of carbonyl (C=O) groups is 7. The normalized spacial score (nSPS) is 11.1. The van der Waals surface area contributed by atoms with Crippen molar-refractivity contribution in [3.8, 4) is 5.75 Å². The number of ether oxygens (including phenoxy) is 5. The zero-order valence-electron chi connectivity index (χ0n) is 34.6. The molecule has 0 unspecified atom stereocenters. The maximum Gasteiger partial charge on any atom is 0.407 e. The van der Waals surface area contributed by atoms with E-state index < -0.39 is 34.8 Å². The number of alkyl carbamates (subject to hydrolysis) is 1. The van der Waals surface area contributed by atoms with Crippen molar-refractivity contribution in [3.05, 3.63) is 66.7 Å². The summed E-state index contributed by atoms with van der Waals surface area (Å²) in [7, 11) is 0. The number of benzene rings is 2. The first-order chi connectivity index (χ1) is 27.4. The van der Waals surface area contributed by atoms with Crippen LogP contribution in [0.1, 0.15) is 97.9 Å². The number of amides is 1. The highest BCUT2D eigenvalue weighted by Gasteiger charge is 2.28. The Bertz CT molecular complexity index is 1720. The monoisotopic (exact) mass is 828 g/mol. The molecule has 0 fully saturated rings. The van der Waals surface area contributed by atoms with Crippen molar-refractivity contribution in [2.24, 2.45) is 16.0 Å². The number of nitrogens with zero attached hydrogens (tertiary/aromatic N) is 1. The lowest BCUT2D eigenvalue weighted by Gasteiger charge is -2.20. The molecule has 1 N–H and O–H groups in total. The summed E-state index contributed by atoms with van der Waals surface area (Å²) in [4.78, 5) is 88.1. The minimum atomic E-state index is -0.720. The Morgan fingerprint density at radius 1 is 0.707 bits per heavy atom. The van der Waals surface area contributed by atoms with Gasteiger partial charge in [-0.3, -0.25) is 19.2 Å². The van der Waals surface area contributed by atoms with Crippen molar-refractivity contribution in [2.45, 2.75) is 97.3 Å². The minimum absolute atomic E-state index is 0.00112. The lowest BCUT2D eigenvalue weighted by molar-refractivity contribution is -0.155. The van der Waals surface area contributed by atoms with Crippen molar-refractivity contribution in [2.75, 3.05) is 33.0 Å². The van der Waals surface area contributed by atoms with Crippen LogP contribution < -0.4 is 10.1 Å². The number of oxime groups is 1. The van der Waals surface area contributed by atoms with E-state index in [4.69, 9.17) is 23.8 Å². The van der Waals surface area contributed by atoms with E-state index in [2.05, 4.69) is 21.8 Å². The van der Waals surface area contributed by atoms with Gasteiger partial charge in [0.15, 0.2) is 0 Å². The summed E-state index contributed by atoms with van der Waals surface area (Å²) in [5.74, 6) is -2.25. The van der Waals surface area contributed by atoms with Crippen LogP contribution in [-0.4, -0.2) is 80.4 Å². The molecule has 2 aromatic rings. The van der Waals surface area contributed by atoms with E-state index in [0.717, 1.165) is 15.9 Å². The fraction of sp³-hybridized carbons (Fsp3) is 0.476. The molecular weight excluding hydrogens is 773 g/mol. The van der Waals surface area contributed by atoms with Gasteiger partial charge in [-0.2, -0.15) is 0 Å². The maximum absolute atomic E-state index is 12.6. The zero-order chi connectivity index (χ0) is 43.7. The van der Waals surface area contributed by atoms with Crippen LogP contribution >= 0.6 is 11.8 Å². The first-order valence-corrected chi connectivity index (χ1v) is 19.6. The van der Waals surface area contributed by atoms with Crippen LogP contribution in [0.15, 0.2) is 76.1 Å². The predicted octanol–water partition coefficient (Wildman–Crippen LogP) is 7.44. The lowest BCUT2D eigenvalue weighted by Crippen LogP contribution is -2.31. The highest BCUT2D eigenvalue weighted by molar-refractivity contribution is 7.99. The molecular formula is C42H56N2O13S. The molecule has 0 aliphatic rings. The van der Waals surface area contributed by atoms with E-state index in [9.17, 15) is 33.6 Å². The standard InChI is InChI=1S/C28H33NO7S.C14H23NO6/c1-6-18-34-24(30)16-17-25(31)36-29-19(3)26(32)20-8-12-22(13-9-20)37-23-14-10-21(11-15-23)35-27(33)28(4,5)7-2;1-5-11(16)19-8-7-15-13(18)21-10-9-20-12(17)14(3,4)6-2/h8-15H,6-7,16-18H2,1-5H3;5H,1,6-10H2,2-4H3,(H,15,18)/b29-19+;. The number of Topliss-reactive ketones (excluding diaryl/α,β-unsaturated/α-hetero) is 1. The van der Waals surface area contributed by atoms with Gasteiger partial charge in [-0.15, -0.1) is 0 Å². The van der Waals surface area contributed by atoms with E-state index in [0.29, 0.717) is 37.2 Å². The van der Waals surface area contributed by atoms with Crippen LogP contribution in [0.5, 0.6) is 5.75 Å². The molecule has 0 saturated carbocycles. The first kappa shape index (κ1) is 50.5. The van der Waals surface area contributed by atoms with Gasteiger partial charge in [-0.1, -0.05) is 44.3 Å². The minimum Gasteiger partial charge on any atom is -0.466 e. The van der Waals surface area contributed by atoms with Crippen molar-refractivity contribution >= 4 is 59.2 Å². The highest BCUT2D eigenvalue weighted by Crippen LogP contribution is 2.30. The largest absolute Gasteiger partial charge is 0.466 e. The van der Waals surface area contributed by atoms with Gasteiger partial charge >= 0.3 is 35.9 Å². The summed E-state index contributed by atoms with van der Waals surface area (Å²) in [5, 5.41) is 5.98. The predicted molar refractivity (Wildman–Crippen MR) is 216 cm³/mol. The summed E-state index contributed by atoms with van der Waals surface area (Å²) >= 11 is 1.49.